The van der Waals surface area contributed by atoms with Crippen molar-refractivity contribution >= 4 is 6.29 Å². The summed E-state index contributed by atoms with van der Waals surface area (Å²) in [5, 5.41) is 0. The van der Waals surface area contributed by atoms with Gasteiger partial charge in [-0.25, -0.2) is 0 Å². The molecule has 1 fully saturated rings. The Hall–Kier alpha value is -0.370. The molecule has 0 bridgehead atoms. The Labute approximate surface area is 69.2 Å². The fourth-order valence-electron chi connectivity index (χ4n) is 1.42. The third kappa shape index (κ3) is 6.05. The zero-order valence-corrected chi connectivity index (χ0v) is 7.38. The van der Waals surface area contributed by atoms with Gasteiger partial charge < -0.3 is 10.5 Å². The van der Waals surface area contributed by atoms with Crippen LogP contribution < -0.4 is 5.73 Å². The van der Waals surface area contributed by atoms with Crippen LogP contribution in [0.5, 0.6) is 0 Å². The Morgan fingerprint density at radius 2 is 1.82 bits per heavy atom. The zero-order chi connectivity index (χ0) is 8.53. The minimum Gasteiger partial charge on any atom is -0.330 e. The van der Waals surface area contributed by atoms with E-state index >= 15 is 0 Å². The van der Waals surface area contributed by atoms with Crippen LogP contribution in [0.4, 0.5) is 0 Å². The number of rotatable bonds is 1. The Bertz CT molecular complexity index is 87.6. The van der Waals surface area contributed by atoms with Crippen LogP contribution >= 0.6 is 0 Å². The van der Waals surface area contributed by atoms with Gasteiger partial charge in [-0.2, -0.15) is 0 Å². The van der Waals surface area contributed by atoms with E-state index in [0.29, 0.717) is 0 Å². The standard InChI is InChI=1S/C7H15N.C2H4O/c8-6-7-4-2-1-3-5-7;1-2-3/h7H,1-6,8H2;2H,1H3. The molecule has 0 atom stereocenters. The summed E-state index contributed by atoms with van der Waals surface area (Å²) >= 11 is 0. The fraction of sp³-hybridized carbons (Fsp3) is 0.889. The van der Waals surface area contributed by atoms with Crippen molar-refractivity contribution in [3.63, 3.8) is 0 Å². The van der Waals surface area contributed by atoms with Crippen molar-refractivity contribution in [1.82, 2.24) is 0 Å². The van der Waals surface area contributed by atoms with Crippen LogP contribution in [0.25, 0.3) is 0 Å². The summed E-state index contributed by atoms with van der Waals surface area (Å²) in [4.78, 5) is 8.81. The second kappa shape index (κ2) is 7.73. The molecular weight excluding hydrogens is 138 g/mol. The van der Waals surface area contributed by atoms with E-state index in [0.717, 1.165) is 18.7 Å². The molecule has 0 radical (unpaired) electrons. The van der Waals surface area contributed by atoms with Crippen LogP contribution in [0.1, 0.15) is 39.0 Å². The molecule has 0 amide bonds. The SMILES string of the molecule is CC=O.NCC1CCCCC1. The molecule has 0 saturated heterocycles. The van der Waals surface area contributed by atoms with Crippen molar-refractivity contribution < 1.29 is 4.79 Å². The maximum atomic E-state index is 8.81. The van der Waals surface area contributed by atoms with Crippen LogP contribution in [-0.2, 0) is 4.79 Å². The molecular formula is C9H19NO. The minimum absolute atomic E-state index is 0.750. The molecule has 0 aliphatic heterocycles. The van der Waals surface area contributed by atoms with E-state index < -0.39 is 0 Å². The highest BCUT2D eigenvalue weighted by Crippen LogP contribution is 2.21. The molecule has 0 aromatic heterocycles. The molecule has 0 unspecified atom stereocenters. The lowest BCUT2D eigenvalue weighted by Gasteiger charge is -2.18. The highest BCUT2D eigenvalue weighted by atomic mass is 16.1. The van der Waals surface area contributed by atoms with Gasteiger partial charge in [0, 0.05) is 0 Å². The summed E-state index contributed by atoms with van der Waals surface area (Å²) in [5.74, 6) is 0.865. The lowest BCUT2D eigenvalue weighted by molar-refractivity contribution is -0.106. The topological polar surface area (TPSA) is 43.1 Å². The molecule has 2 N–H and O–H groups in total. The average Bonchev–Trinajstić information content (AvgIpc) is 2.08. The molecule has 1 aliphatic rings. The third-order valence-corrected chi connectivity index (χ3v) is 2.06. The van der Waals surface area contributed by atoms with Gasteiger partial charge in [0.15, 0.2) is 0 Å². The van der Waals surface area contributed by atoms with Crippen LogP contribution in [0.15, 0.2) is 0 Å². The van der Waals surface area contributed by atoms with Crippen molar-refractivity contribution in [2.45, 2.75) is 39.0 Å². The smallest absolute Gasteiger partial charge is 0.116 e. The van der Waals surface area contributed by atoms with E-state index in [1.54, 1.807) is 0 Å². The normalized spacial score (nSPS) is 18.4. The van der Waals surface area contributed by atoms with Gasteiger partial charge >= 0.3 is 0 Å². The van der Waals surface area contributed by atoms with E-state index in [1.807, 2.05) is 0 Å². The number of carbonyl (C=O) groups is 1. The summed E-state index contributed by atoms with van der Waals surface area (Å²) < 4.78 is 0. The number of hydrogen-bond acceptors (Lipinski definition) is 2. The fourth-order valence-corrected chi connectivity index (χ4v) is 1.42. The summed E-state index contributed by atoms with van der Waals surface area (Å²) in [6.07, 6.45) is 7.80. The Kier molecular flexibility index (Phi) is 7.47. The summed E-state index contributed by atoms with van der Waals surface area (Å²) in [7, 11) is 0. The largest absolute Gasteiger partial charge is 0.330 e. The molecule has 1 saturated carbocycles. The highest BCUT2D eigenvalue weighted by Gasteiger charge is 2.09. The maximum Gasteiger partial charge on any atom is 0.116 e. The van der Waals surface area contributed by atoms with Crippen LogP contribution in [0, 0.1) is 5.92 Å². The highest BCUT2D eigenvalue weighted by molar-refractivity contribution is 5.44. The predicted octanol–water partition coefficient (Wildman–Crippen LogP) is 1.73. The van der Waals surface area contributed by atoms with E-state index in [2.05, 4.69) is 0 Å². The molecule has 1 rings (SSSR count). The van der Waals surface area contributed by atoms with Gasteiger partial charge in [-0.15, -0.1) is 0 Å². The third-order valence-electron chi connectivity index (χ3n) is 2.06. The molecule has 2 heteroatoms. The lowest BCUT2D eigenvalue weighted by atomic mass is 9.90. The first-order chi connectivity index (χ1) is 5.35. The number of carbonyl (C=O) groups excluding carboxylic acids is 1. The number of hydrogen-bond donors (Lipinski definition) is 1. The van der Waals surface area contributed by atoms with Crippen LogP contribution in [0.2, 0.25) is 0 Å². The first-order valence-corrected chi connectivity index (χ1v) is 4.45. The number of nitrogens with two attached hydrogens (primary N) is 1. The lowest BCUT2D eigenvalue weighted by Crippen LogP contribution is -2.16. The second-order valence-corrected chi connectivity index (χ2v) is 2.98. The molecule has 2 nitrogen and oxygen atoms in total. The van der Waals surface area contributed by atoms with Crippen molar-refractivity contribution in [1.29, 1.82) is 0 Å². The van der Waals surface area contributed by atoms with Gasteiger partial charge in [0.2, 0.25) is 0 Å². The van der Waals surface area contributed by atoms with E-state index in [-0.39, 0.29) is 0 Å². The molecule has 66 valence electrons. The van der Waals surface area contributed by atoms with Gasteiger partial charge in [-0.3, -0.25) is 0 Å². The Balaban J connectivity index is 0.000000292. The molecule has 11 heavy (non-hydrogen) atoms. The van der Waals surface area contributed by atoms with Gasteiger partial charge in [0.05, 0.1) is 0 Å². The van der Waals surface area contributed by atoms with E-state index in [9.17, 15) is 0 Å². The Morgan fingerprint density at radius 1 is 1.36 bits per heavy atom. The first-order valence-electron chi connectivity index (χ1n) is 4.45. The summed E-state index contributed by atoms with van der Waals surface area (Å²) in [6, 6.07) is 0. The van der Waals surface area contributed by atoms with Crippen molar-refractivity contribution in [3.8, 4) is 0 Å². The van der Waals surface area contributed by atoms with Crippen molar-refractivity contribution in [2.24, 2.45) is 11.7 Å². The quantitative estimate of drug-likeness (QED) is 0.589. The predicted molar refractivity (Wildman–Crippen MR) is 47.4 cm³/mol. The van der Waals surface area contributed by atoms with E-state index in [4.69, 9.17) is 10.5 Å². The zero-order valence-electron chi connectivity index (χ0n) is 7.38. The van der Waals surface area contributed by atoms with Crippen molar-refractivity contribution in [3.05, 3.63) is 0 Å². The molecule has 0 heterocycles. The van der Waals surface area contributed by atoms with E-state index in [1.165, 1.54) is 39.0 Å². The van der Waals surface area contributed by atoms with Gasteiger partial charge in [-0.05, 0) is 32.2 Å². The molecule has 0 aromatic rings. The molecule has 0 aromatic carbocycles. The van der Waals surface area contributed by atoms with Gasteiger partial charge in [-0.1, -0.05) is 19.3 Å². The summed E-state index contributed by atoms with van der Waals surface area (Å²) in [6.45, 7) is 2.36. The van der Waals surface area contributed by atoms with Crippen LogP contribution in [0.3, 0.4) is 0 Å². The van der Waals surface area contributed by atoms with Gasteiger partial charge in [0.25, 0.3) is 0 Å². The maximum absolute atomic E-state index is 8.81. The molecule has 1 aliphatic carbocycles. The average molecular weight is 157 g/mol. The summed E-state index contributed by atoms with van der Waals surface area (Å²) in [5.41, 5.74) is 5.50. The van der Waals surface area contributed by atoms with Gasteiger partial charge in [0.1, 0.15) is 6.29 Å². The first kappa shape index (κ1) is 10.6. The van der Waals surface area contributed by atoms with Crippen LogP contribution in [-0.4, -0.2) is 12.8 Å². The number of aldehydes is 1. The minimum atomic E-state index is 0.750. The Morgan fingerprint density at radius 3 is 2.09 bits per heavy atom. The van der Waals surface area contributed by atoms with Crippen molar-refractivity contribution in [2.75, 3.05) is 6.54 Å². The monoisotopic (exact) mass is 157 g/mol. The second-order valence-electron chi connectivity index (χ2n) is 2.98. The molecule has 0 spiro atoms.